The van der Waals surface area contributed by atoms with Gasteiger partial charge in [-0.15, -0.1) is 0 Å². The van der Waals surface area contributed by atoms with Gasteiger partial charge in [-0.05, 0) is 26.0 Å². The van der Waals surface area contributed by atoms with Crippen molar-refractivity contribution in [1.29, 1.82) is 0 Å². The SMILES string of the molecule is CCOc1cccc(CNC)c1OCC(C)C. The molecule has 0 saturated heterocycles. The average Bonchev–Trinajstić information content (AvgIpc) is 2.29. The summed E-state index contributed by atoms with van der Waals surface area (Å²) in [7, 11) is 1.93. The number of hydrogen-bond donors (Lipinski definition) is 1. The number of ether oxygens (including phenoxy) is 2. The van der Waals surface area contributed by atoms with Crippen molar-refractivity contribution in [1.82, 2.24) is 5.32 Å². The molecule has 0 aliphatic heterocycles. The molecule has 0 aliphatic rings. The van der Waals surface area contributed by atoms with Gasteiger partial charge in [0.2, 0.25) is 0 Å². The summed E-state index contributed by atoms with van der Waals surface area (Å²) in [5.41, 5.74) is 1.14. The van der Waals surface area contributed by atoms with Crippen LogP contribution in [-0.4, -0.2) is 20.3 Å². The van der Waals surface area contributed by atoms with Crippen LogP contribution in [0.4, 0.5) is 0 Å². The fourth-order valence-corrected chi connectivity index (χ4v) is 1.57. The molecule has 3 heteroatoms. The van der Waals surface area contributed by atoms with E-state index in [-0.39, 0.29) is 0 Å². The molecule has 1 N–H and O–H groups in total. The third-order valence-electron chi connectivity index (χ3n) is 2.29. The van der Waals surface area contributed by atoms with E-state index >= 15 is 0 Å². The van der Waals surface area contributed by atoms with E-state index in [0.717, 1.165) is 23.6 Å². The molecule has 3 nitrogen and oxygen atoms in total. The number of para-hydroxylation sites is 1. The maximum absolute atomic E-state index is 5.87. The quantitative estimate of drug-likeness (QED) is 0.791. The van der Waals surface area contributed by atoms with Crippen LogP contribution in [0.5, 0.6) is 11.5 Å². The molecule has 0 aliphatic carbocycles. The fraction of sp³-hybridized carbons (Fsp3) is 0.571. The molecule has 1 rings (SSSR count). The fourth-order valence-electron chi connectivity index (χ4n) is 1.57. The molecule has 0 amide bonds. The number of rotatable bonds is 7. The van der Waals surface area contributed by atoms with Crippen molar-refractivity contribution in [2.24, 2.45) is 5.92 Å². The Balaban J connectivity index is 2.91. The zero-order valence-corrected chi connectivity index (χ0v) is 11.2. The molecule has 0 saturated carbocycles. The highest BCUT2D eigenvalue weighted by molar-refractivity contribution is 5.46. The van der Waals surface area contributed by atoms with Gasteiger partial charge in [-0.1, -0.05) is 26.0 Å². The van der Waals surface area contributed by atoms with E-state index in [0.29, 0.717) is 19.1 Å². The Bertz CT molecular complexity index is 313. The molecule has 17 heavy (non-hydrogen) atoms. The van der Waals surface area contributed by atoms with Gasteiger partial charge < -0.3 is 14.8 Å². The van der Waals surface area contributed by atoms with Gasteiger partial charge in [0.1, 0.15) is 0 Å². The summed E-state index contributed by atoms with van der Waals surface area (Å²) in [4.78, 5) is 0. The van der Waals surface area contributed by atoms with E-state index in [9.17, 15) is 0 Å². The lowest BCUT2D eigenvalue weighted by atomic mass is 10.1. The molecule has 0 atom stereocenters. The molecule has 0 aromatic heterocycles. The number of hydrogen-bond acceptors (Lipinski definition) is 3. The molecule has 1 aromatic carbocycles. The van der Waals surface area contributed by atoms with Crippen LogP contribution in [0.1, 0.15) is 26.3 Å². The Hall–Kier alpha value is -1.22. The number of nitrogens with one attached hydrogen (secondary N) is 1. The molecular formula is C14H23NO2. The number of benzene rings is 1. The van der Waals surface area contributed by atoms with Gasteiger partial charge in [0.05, 0.1) is 13.2 Å². The van der Waals surface area contributed by atoms with Crippen LogP contribution < -0.4 is 14.8 Å². The van der Waals surface area contributed by atoms with Crippen molar-refractivity contribution in [3.63, 3.8) is 0 Å². The highest BCUT2D eigenvalue weighted by Gasteiger charge is 2.11. The van der Waals surface area contributed by atoms with Crippen LogP contribution in [0, 0.1) is 5.92 Å². The van der Waals surface area contributed by atoms with E-state index in [2.05, 4.69) is 25.2 Å². The summed E-state index contributed by atoms with van der Waals surface area (Å²) in [5.74, 6) is 2.21. The summed E-state index contributed by atoms with van der Waals surface area (Å²) < 4.78 is 11.5. The molecule has 0 fully saturated rings. The van der Waals surface area contributed by atoms with E-state index in [1.165, 1.54) is 0 Å². The lowest BCUT2D eigenvalue weighted by molar-refractivity contribution is 0.245. The van der Waals surface area contributed by atoms with Crippen LogP contribution >= 0.6 is 0 Å². The Morgan fingerprint density at radius 2 is 2.00 bits per heavy atom. The third-order valence-corrected chi connectivity index (χ3v) is 2.29. The van der Waals surface area contributed by atoms with Crippen molar-refractivity contribution in [3.05, 3.63) is 23.8 Å². The first-order valence-electron chi connectivity index (χ1n) is 6.21. The predicted octanol–water partition coefficient (Wildman–Crippen LogP) is 2.84. The van der Waals surface area contributed by atoms with Gasteiger partial charge in [0.15, 0.2) is 11.5 Å². The minimum Gasteiger partial charge on any atom is -0.490 e. The topological polar surface area (TPSA) is 30.5 Å². The Labute approximate surface area is 104 Å². The van der Waals surface area contributed by atoms with Crippen LogP contribution in [0.25, 0.3) is 0 Å². The Morgan fingerprint density at radius 1 is 1.24 bits per heavy atom. The maximum atomic E-state index is 5.87. The van der Waals surface area contributed by atoms with Crippen LogP contribution in [0.15, 0.2) is 18.2 Å². The summed E-state index contributed by atoms with van der Waals surface area (Å²) in [6.45, 7) is 8.41. The van der Waals surface area contributed by atoms with Crippen molar-refractivity contribution in [3.8, 4) is 11.5 Å². The van der Waals surface area contributed by atoms with E-state index in [1.807, 2.05) is 26.1 Å². The minimum atomic E-state index is 0.507. The molecule has 0 bridgehead atoms. The van der Waals surface area contributed by atoms with Crippen molar-refractivity contribution < 1.29 is 9.47 Å². The predicted molar refractivity (Wildman–Crippen MR) is 70.7 cm³/mol. The third kappa shape index (κ3) is 4.27. The van der Waals surface area contributed by atoms with E-state index < -0.39 is 0 Å². The van der Waals surface area contributed by atoms with Crippen molar-refractivity contribution in [2.75, 3.05) is 20.3 Å². The van der Waals surface area contributed by atoms with Gasteiger partial charge in [-0.3, -0.25) is 0 Å². The highest BCUT2D eigenvalue weighted by atomic mass is 16.5. The summed E-state index contributed by atoms with van der Waals surface area (Å²) in [5, 5.41) is 3.15. The maximum Gasteiger partial charge on any atom is 0.165 e. The largest absolute Gasteiger partial charge is 0.490 e. The van der Waals surface area contributed by atoms with Crippen LogP contribution in [-0.2, 0) is 6.54 Å². The van der Waals surface area contributed by atoms with Crippen LogP contribution in [0.2, 0.25) is 0 Å². The Kier molecular flexibility index (Phi) is 5.84. The monoisotopic (exact) mass is 237 g/mol. The molecule has 0 unspecified atom stereocenters. The van der Waals surface area contributed by atoms with Crippen LogP contribution in [0.3, 0.4) is 0 Å². The summed E-state index contributed by atoms with van der Waals surface area (Å²) >= 11 is 0. The van der Waals surface area contributed by atoms with Crippen molar-refractivity contribution in [2.45, 2.75) is 27.3 Å². The molecule has 0 radical (unpaired) electrons. The first kappa shape index (κ1) is 13.8. The van der Waals surface area contributed by atoms with E-state index in [1.54, 1.807) is 0 Å². The zero-order chi connectivity index (χ0) is 12.7. The summed E-state index contributed by atoms with van der Waals surface area (Å²) in [6, 6.07) is 6.02. The van der Waals surface area contributed by atoms with Gasteiger partial charge in [0, 0.05) is 12.1 Å². The summed E-state index contributed by atoms with van der Waals surface area (Å²) in [6.07, 6.45) is 0. The second-order valence-electron chi connectivity index (χ2n) is 4.41. The van der Waals surface area contributed by atoms with Gasteiger partial charge in [-0.25, -0.2) is 0 Å². The van der Waals surface area contributed by atoms with Gasteiger partial charge in [-0.2, -0.15) is 0 Å². The Morgan fingerprint density at radius 3 is 2.59 bits per heavy atom. The zero-order valence-electron chi connectivity index (χ0n) is 11.2. The lowest BCUT2D eigenvalue weighted by Gasteiger charge is -2.17. The highest BCUT2D eigenvalue weighted by Crippen LogP contribution is 2.31. The van der Waals surface area contributed by atoms with E-state index in [4.69, 9.17) is 9.47 Å². The average molecular weight is 237 g/mol. The molecular weight excluding hydrogens is 214 g/mol. The standard InChI is InChI=1S/C14H23NO2/c1-5-16-13-8-6-7-12(9-15-4)14(13)17-10-11(2)3/h6-8,11,15H,5,9-10H2,1-4H3. The second-order valence-corrected chi connectivity index (χ2v) is 4.41. The van der Waals surface area contributed by atoms with Gasteiger partial charge in [0.25, 0.3) is 0 Å². The smallest absolute Gasteiger partial charge is 0.165 e. The molecule has 0 heterocycles. The molecule has 0 spiro atoms. The lowest BCUT2D eigenvalue weighted by Crippen LogP contribution is -2.11. The molecule has 96 valence electrons. The van der Waals surface area contributed by atoms with Gasteiger partial charge >= 0.3 is 0 Å². The van der Waals surface area contributed by atoms with Crippen molar-refractivity contribution >= 4 is 0 Å². The minimum absolute atomic E-state index is 0.507. The molecule has 1 aromatic rings. The normalized spacial score (nSPS) is 10.6. The first-order valence-corrected chi connectivity index (χ1v) is 6.21. The first-order chi connectivity index (χ1) is 8.19. The second kappa shape index (κ2) is 7.17.